The molecule has 1 heterocycles. The van der Waals surface area contributed by atoms with Crippen molar-refractivity contribution in [3.63, 3.8) is 0 Å². The SMILES string of the molecule is C=C(C)CC(O)c1occc1C. The maximum Gasteiger partial charge on any atom is 0.135 e. The van der Waals surface area contributed by atoms with Crippen molar-refractivity contribution in [1.29, 1.82) is 0 Å². The molecule has 1 unspecified atom stereocenters. The second-order valence-electron chi connectivity index (χ2n) is 3.14. The van der Waals surface area contributed by atoms with Crippen molar-refractivity contribution in [3.05, 3.63) is 35.8 Å². The highest BCUT2D eigenvalue weighted by atomic mass is 16.4. The predicted octanol–water partition coefficient (Wildman–Crippen LogP) is 2.59. The minimum absolute atomic E-state index is 0.544. The molecule has 0 fully saturated rings. The molecule has 0 radical (unpaired) electrons. The van der Waals surface area contributed by atoms with Crippen LogP contribution < -0.4 is 0 Å². The van der Waals surface area contributed by atoms with Gasteiger partial charge >= 0.3 is 0 Å². The molecule has 0 aromatic carbocycles. The zero-order chi connectivity index (χ0) is 9.14. The highest BCUT2D eigenvalue weighted by Crippen LogP contribution is 2.23. The molecule has 66 valence electrons. The van der Waals surface area contributed by atoms with Crippen molar-refractivity contribution in [3.8, 4) is 0 Å². The first-order valence-electron chi connectivity index (χ1n) is 3.97. The fourth-order valence-electron chi connectivity index (χ4n) is 1.15. The van der Waals surface area contributed by atoms with E-state index in [0.717, 1.165) is 11.1 Å². The second kappa shape index (κ2) is 3.59. The van der Waals surface area contributed by atoms with Gasteiger partial charge < -0.3 is 9.52 Å². The van der Waals surface area contributed by atoms with Gasteiger partial charge in [0, 0.05) is 6.42 Å². The van der Waals surface area contributed by atoms with Gasteiger partial charge in [0.2, 0.25) is 0 Å². The Kier molecular flexibility index (Phi) is 2.71. The maximum absolute atomic E-state index is 9.61. The zero-order valence-electron chi connectivity index (χ0n) is 7.50. The lowest BCUT2D eigenvalue weighted by atomic mass is 10.1. The smallest absolute Gasteiger partial charge is 0.135 e. The number of rotatable bonds is 3. The summed E-state index contributed by atoms with van der Waals surface area (Å²) in [7, 11) is 0. The molecular formula is C10H14O2. The molecule has 0 aliphatic heterocycles. The third-order valence-electron chi connectivity index (χ3n) is 1.75. The highest BCUT2D eigenvalue weighted by molar-refractivity contribution is 5.18. The molecule has 2 nitrogen and oxygen atoms in total. The summed E-state index contributed by atoms with van der Waals surface area (Å²) in [5.41, 5.74) is 1.95. The van der Waals surface area contributed by atoms with Gasteiger partial charge in [0.25, 0.3) is 0 Å². The maximum atomic E-state index is 9.61. The Labute approximate surface area is 72.5 Å². The Morgan fingerprint density at radius 3 is 2.83 bits per heavy atom. The number of aryl methyl sites for hydroxylation is 1. The lowest BCUT2D eigenvalue weighted by Gasteiger charge is -2.07. The monoisotopic (exact) mass is 166 g/mol. The van der Waals surface area contributed by atoms with E-state index in [4.69, 9.17) is 4.42 Å². The molecule has 0 saturated heterocycles. The molecule has 1 rings (SSSR count). The number of hydrogen-bond donors (Lipinski definition) is 1. The van der Waals surface area contributed by atoms with Crippen LogP contribution in [0.1, 0.15) is 30.8 Å². The lowest BCUT2D eigenvalue weighted by Crippen LogP contribution is -1.97. The summed E-state index contributed by atoms with van der Waals surface area (Å²) < 4.78 is 5.14. The molecule has 0 aliphatic rings. The molecule has 1 N–H and O–H groups in total. The minimum Gasteiger partial charge on any atom is -0.466 e. The first kappa shape index (κ1) is 9.07. The van der Waals surface area contributed by atoms with E-state index in [1.54, 1.807) is 6.26 Å². The fourth-order valence-corrected chi connectivity index (χ4v) is 1.15. The van der Waals surface area contributed by atoms with Crippen LogP contribution in [0.2, 0.25) is 0 Å². The van der Waals surface area contributed by atoms with Gasteiger partial charge in [-0.15, -0.1) is 6.58 Å². The highest BCUT2D eigenvalue weighted by Gasteiger charge is 2.13. The molecule has 2 heteroatoms. The van der Waals surface area contributed by atoms with Crippen LogP contribution in [0.15, 0.2) is 28.9 Å². The summed E-state index contributed by atoms with van der Waals surface area (Å²) in [5.74, 6) is 0.651. The van der Waals surface area contributed by atoms with Crippen molar-refractivity contribution in [1.82, 2.24) is 0 Å². The minimum atomic E-state index is -0.544. The van der Waals surface area contributed by atoms with Crippen molar-refractivity contribution in [2.75, 3.05) is 0 Å². The van der Waals surface area contributed by atoms with Gasteiger partial charge in [0.1, 0.15) is 11.9 Å². The topological polar surface area (TPSA) is 33.4 Å². The van der Waals surface area contributed by atoms with Gasteiger partial charge in [0.05, 0.1) is 6.26 Å². The van der Waals surface area contributed by atoms with E-state index in [2.05, 4.69) is 6.58 Å². The zero-order valence-corrected chi connectivity index (χ0v) is 7.50. The van der Waals surface area contributed by atoms with Crippen LogP contribution in [-0.2, 0) is 0 Å². The third-order valence-corrected chi connectivity index (χ3v) is 1.75. The Balaban J connectivity index is 2.71. The summed E-state index contributed by atoms with van der Waals surface area (Å²) >= 11 is 0. The summed E-state index contributed by atoms with van der Waals surface area (Å²) in [6.45, 7) is 7.54. The summed E-state index contributed by atoms with van der Waals surface area (Å²) in [4.78, 5) is 0. The normalized spacial score (nSPS) is 12.9. The molecule has 1 aromatic heterocycles. The standard InChI is InChI=1S/C10H14O2/c1-7(2)6-9(11)10-8(3)4-5-12-10/h4-5,9,11H,1,6H2,2-3H3. The van der Waals surface area contributed by atoms with Gasteiger partial charge in [-0.05, 0) is 25.5 Å². The van der Waals surface area contributed by atoms with E-state index in [9.17, 15) is 5.11 Å². The molecule has 0 spiro atoms. The van der Waals surface area contributed by atoms with Gasteiger partial charge in [0.15, 0.2) is 0 Å². The number of aliphatic hydroxyl groups excluding tert-OH is 1. The molecule has 1 atom stereocenters. The van der Waals surface area contributed by atoms with Crippen LogP contribution in [0.4, 0.5) is 0 Å². The average Bonchev–Trinajstić information content (AvgIpc) is 2.33. The predicted molar refractivity (Wildman–Crippen MR) is 47.8 cm³/mol. The molecule has 0 amide bonds. The van der Waals surface area contributed by atoms with E-state index in [1.807, 2.05) is 19.9 Å². The van der Waals surface area contributed by atoms with Crippen molar-refractivity contribution in [2.45, 2.75) is 26.4 Å². The second-order valence-corrected chi connectivity index (χ2v) is 3.14. The number of hydrogen-bond acceptors (Lipinski definition) is 2. The Hall–Kier alpha value is -1.02. The van der Waals surface area contributed by atoms with E-state index in [1.165, 1.54) is 0 Å². The molecule has 12 heavy (non-hydrogen) atoms. The van der Waals surface area contributed by atoms with Gasteiger partial charge in [-0.2, -0.15) is 0 Å². The van der Waals surface area contributed by atoms with Crippen molar-refractivity contribution >= 4 is 0 Å². The third kappa shape index (κ3) is 1.98. The van der Waals surface area contributed by atoms with E-state index in [0.29, 0.717) is 12.2 Å². The summed E-state index contributed by atoms with van der Waals surface area (Å²) in [5, 5.41) is 9.61. The molecule has 0 bridgehead atoms. The van der Waals surface area contributed by atoms with Gasteiger partial charge in [-0.1, -0.05) is 5.57 Å². The molecule has 1 aromatic rings. The van der Waals surface area contributed by atoms with Crippen molar-refractivity contribution < 1.29 is 9.52 Å². The van der Waals surface area contributed by atoms with E-state index >= 15 is 0 Å². The molecule has 0 saturated carbocycles. The van der Waals surface area contributed by atoms with E-state index in [-0.39, 0.29) is 0 Å². The van der Waals surface area contributed by atoms with Crippen LogP contribution in [0, 0.1) is 6.92 Å². The van der Waals surface area contributed by atoms with Crippen LogP contribution in [0.3, 0.4) is 0 Å². The van der Waals surface area contributed by atoms with Gasteiger partial charge in [-0.3, -0.25) is 0 Å². The van der Waals surface area contributed by atoms with Crippen LogP contribution >= 0.6 is 0 Å². The van der Waals surface area contributed by atoms with Crippen LogP contribution in [0.5, 0.6) is 0 Å². The first-order valence-corrected chi connectivity index (χ1v) is 3.97. The quantitative estimate of drug-likeness (QED) is 0.700. The average molecular weight is 166 g/mol. The fraction of sp³-hybridized carbons (Fsp3) is 0.400. The molecular weight excluding hydrogens is 152 g/mol. The van der Waals surface area contributed by atoms with Crippen LogP contribution in [-0.4, -0.2) is 5.11 Å². The molecule has 0 aliphatic carbocycles. The Bertz CT molecular complexity index is 273. The number of aliphatic hydroxyl groups is 1. The Morgan fingerprint density at radius 2 is 2.42 bits per heavy atom. The first-order chi connectivity index (χ1) is 5.61. The van der Waals surface area contributed by atoms with E-state index < -0.39 is 6.10 Å². The summed E-state index contributed by atoms with van der Waals surface area (Å²) in [6.07, 6.45) is 1.61. The van der Waals surface area contributed by atoms with Crippen molar-refractivity contribution in [2.24, 2.45) is 0 Å². The lowest BCUT2D eigenvalue weighted by molar-refractivity contribution is 0.149. The largest absolute Gasteiger partial charge is 0.466 e. The van der Waals surface area contributed by atoms with Crippen LogP contribution in [0.25, 0.3) is 0 Å². The van der Waals surface area contributed by atoms with Gasteiger partial charge in [-0.25, -0.2) is 0 Å². The Morgan fingerprint density at radius 1 is 1.75 bits per heavy atom. The number of furan rings is 1. The summed E-state index contributed by atoms with van der Waals surface area (Å²) in [6, 6.07) is 1.84.